The third kappa shape index (κ3) is 8.99. The number of hydrogen-bond acceptors (Lipinski definition) is 14. The molecule has 3 amide bonds. The first-order valence-electron chi connectivity index (χ1n) is 15.3. The molecule has 0 saturated carbocycles. The van der Waals surface area contributed by atoms with Gasteiger partial charge in [0.25, 0.3) is 17.6 Å². The lowest BCUT2D eigenvalue weighted by Crippen LogP contribution is -2.71. The summed E-state index contributed by atoms with van der Waals surface area (Å²) in [4.78, 5) is 101. The molecule has 2 aromatic heterocycles. The fourth-order valence-electron chi connectivity index (χ4n) is 5.12. The molecule has 20 heteroatoms. The average Bonchev–Trinajstić information content (AvgIpc) is 3.48. The SMILES string of the molecule is CC(C)(C)OC(=O)C(=O)C(C)(C)ON=C(C(=O)N[C@@H]1C(=O)N2C(C(=O)O)=C(C[N+](C)(C)Cc3cc(=O)c(O)c[nH]3)CS[C@@H]12)c1csc(NC=O)n1. The van der Waals surface area contributed by atoms with Crippen molar-refractivity contribution in [3.05, 3.63) is 50.5 Å². The number of pyridine rings is 1. The molecule has 0 radical (unpaired) electrons. The van der Waals surface area contributed by atoms with Gasteiger partial charge in [0.05, 0.1) is 19.8 Å². The van der Waals surface area contributed by atoms with Crippen molar-refractivity contribution in [1.29, 1.82) is 0 Å². The number of oxime groups is 1. The van der Waals surface area contributed by atoms with Crippen LogP contribution in [0, 0.1) is 0 Å². The number of nitrogens with zero attached hydrogens (tertiary/aromatic N) is 4. The van der Waals surface area contributed by atoms with Crippen LogP contribution in [-0.4, -0.2) is 120 Å². The quantitative estimate of drug-likeness (QED) is 0.0337. The number of likely N-dealkylation sites (N-methyl/N-ethyl adjacent to an activating group) is 1. The van der Waals surface area contributed by atoms with Gasteiger partial charge in [-0.1, -0.05) is 5.16 Å². The number of H-pyrrole nitrogens is 1. The Balaban J connectivity index is 1.55. The van der Waals surface area contributed by atoms with E-state index in [-0.39, 0.29) is 39.8 Å². The molecule has 2 aromatic rings. The fourth-order valence-corrected chi connectivity index (χ4v) is 7.11. The topological polar surface area (TPSA) is 247 Å². The number of esters is 1. The van der Waals surface area contributed by atoms with Crippen molar-refractivity contribution in [3.63, 3.8) is 0 Å². The zero-order chi connectivity index (χ0) is 38.1. The summed E-state index contributed by atoms with van der Waals surface area (Å²) < 4.78 is 5.32. The summed E-state index contributed by atoms with van der Waals surface area (Å²) in [6.45, 7) is 7.68. The number of aliphatic carboxylic acids is 1. The zero-order valence-electron chi connectivity index (χ0n) is 28.8. The average molecular weight is 749 g/mol. The molecule has 0 bridgehead atoms. The highest BCUT2D eigenvalue weighted by molar-refractivity contribution is 8.00. The number of aromatic hydroxyl groups is 1. The Hall–Kier alpha value is -5.08. The Labute approximate surface area is 299 Å². The molecule has 51 heavy (non-hydrogen) atoms. The van der Waals surface area contributed by atoms with Gasteiger partial charge in [-0.3, -0.25) is 28.9 Å². The van der Waals surface area contributed by atoms with E-state index in [0.29, 0.717) is 17.7 Å². The maximum absolute atomic E-state index is 13.7. The number of fused-ring (bicyclic) bond motifs is 1. The van der Waals surface area contributed by atoms with E-state index in [2.05, 4.69) is 25.8 Å². The molecule has 0 aliphatic carbocycles. The first kappa shape index (κ1) is 38.7. The summed E-state index contributed by atoms with van der Waals surface area (Å²) >= 11 is 2.18. The Morgan fingerprint density at radius 2 is 1.86 bits per heavy atom. The number of hydrogen-bond donors (Lipinski definition) is 5. The van der Waals surface area contributed by atoms with E-state index in [4.69, 9.17) is 9.57 Å². The number of rotatable bonds is 14. The number of nitrogens with one attached hydrogen (secondary N) is 3. The van der Waals surface area contributed by atoms with Gasteiger partial charge in [-0.2, -0.15) is 0 Å². The molecular formula is C31H38N7O11S2+. The van der Waals surface area contributed by atoms with Gasteiger partial charge in [0, 0.05) is 29.0 Å². The van der Waals surface area contributed by atoms with Crippen LogP contribution in [0.25, 0.3) is 0 Å². The van der Waals surface area contributed by atoms with Crippen LogP contribution >= 0.6 is 23.1 Å². The van der Waals surface area contributed by atoms with Crippen LogP contribution < -0.4 is 16.1 Å². The third-order valence-electron chi connectivity index (χ3n) is 7.35. The summed E-state index contributed by atoms with van der Waals surface area (Å²) in [5.74, 6) is -5.51. The molecule has 274 valence electrons. The number of carboxylic acids is 1. The first-order chi connectivity index (χ1) is 23.6. The predicted octanol–water partition coefficient (Wildman–Crippen LogP) is 0.531. The molecule has 5 N–H and O–H groups in total. The Bertz CT molecular complexity index is 1890. The largest absolute Gasteiger partial charge is 0.503 e. The Morgan fingerprint density at radius 1 is 1.18 bits per heavy atom. The number of amides is 3. The van der Waals surface area contributed by atoms with Gasteiger partial charge in [-0.15, -0.1) is 23.1 Å². The molecule has 18 nitrogen and oxygen atoms in total. The summed E-state index contributed by atoms with van der Waals surface area (Å²) in [6, 6.07) is 0.0729. The number of quaternary nitrogens is 1. The molecule has 2 atom stereocenters. The molecule has 4 heterocycles. The van der Waals surface area contributed by atoms with E-state index in [1.54, 1.807) is 20.8 Å². The first-order valence-corrected chi connectivity index (χ1v) is 17.2. The number of ether oxygens (including phenoxy) is 1. The maximum atomic E-state index is 13.7. The van der Waals surface area contributed by atoms with Crippen LogP contribution in [0.4, 0.5) is 5.13 Å². The van der Waals surface area contributed by atoms with E-state index in [0.717, 1.165) is 16.2 Å². The molecule has 2 aliphatic heterocycles. The van der Waals surface area contributed by atoms with Crippen molar-refractivity contribution >= 4 is 69.9 Å². The number of Topliss-reactive ketones (excluding diaryl/α,β-unsaturated/α-hetero) is 1. The van der Waals surface area contributed by atoms with Crippen LogP contribution in [0.3, 0.4) is 0 Å². The minimum absolute atomic E-state index is 0.0920. The predicted molar refractivity (Wildman–Crippen MR) is 183 cm³/mol. The highest BCUT2D eigenvalue weighted by Crippen LogP contribution is 2.41. The lowest BCUT2D eigenvalue weighted by atomic mass is 10.0. The molecular weight excluding hydrogens is 711 g/mol. The normalized spacial score (nSPS) is 18.0. The standard InChI is InChI=1S/C31H37N7O11S2/c1-30(2,3)48-28(47)23(42)31(4,5)49-36-20(17-13-51-29(34-17)33-14-39)24(43)35-21-25(44)37-22(27(45)46)15(12-50-26(21)37)10-38(6,7)11-16-8-18(40)19(41)9-32-16/h8-9,13-14,21,26H,10-12H2,1-7H3,(H4-,32,33,34,35,36,39,40,41,42,43,45,46,47)/p+1/t21-,26+/m1/s1. The lowest BCUT2D eigenvalue weighted by Gasteiger charge is -2.49. The van der Waals surface area contributed by atoms with Crippen LogP contribution in [0.2, 0.25) is 0 Å². The van der Waals surface area contributed by atoms with Crippen molar-refractivity contribution in [2.75, 3.05) is 31.7 Å². The highest BCUT2D eigenvalue weighted by atomic mass is 32.2. The Kier molecular flexibility index (Phi) is 11.1. The lowest BCUT2D eigenvalue weighted by molar-refractivity contribution is -0.899. The number of thiazole rings is 1. The third-order valence-corrected chi connectivity index (χ3v) is 9.46. The van der Waals surface area contributed by atoms with Crippen molar-refractivity contribution in [2.45, 2.75) is 63.8 Å². The number of carbonyl (C=O) groups excluding carboxylic acids is 5. The minimum atomic E-state index is -1.91. The smallest absolute Gasteiger partial charge is 0.379 e. The van der Waals surface area contributed by atoms with Crippen molar-refractivity contribution < 1.29 is 53.0 Å². The summed E-state index contributed by atoms with van der Waals surface area (Å²) in [5, 5.41) is 29.1. The van der Waals surface area contributed by atoms with E-state index in [9.17, 15) is 43.8 Å². The summed E-state index contributed by atoms with van der Waals surface area (Å²) in [7, 11) is 3.63. The maximum Gasteiger partial charge on any atom is 0.379 e. The van der Waals surface area contributed by atoms with Gasteiger partial charge in [0.2, 0.25) is 17.4 Å². The molecule has 1 saturated heterocycles. The van der Waals surface area contributed by atoms with Crippen LogP contribution in [0.15, 0.2) is 38.9 Å². The van der Waals surface area contributed by atoms with Gasteiger partial charge in [0.1, 0.15) is 41.5 Å². The zero-order valence-corrected chi connectivity index (χ0v) is 30.4. The molecule has 0 spiro atoms. The van der Waals surface area contributed by atoms with E-state index < -0.39 is 69.0 Å². The second-order valence-electron chi connectivity index (χ2n) is 13.8. The fraction of sp³-hybridized carbons (Fsp3) is 0.452. The van der Waals surface area contributed by atoms with Gasteiger partial charge >= 0.3 is 11.9 Å². The van der Waals surface area contributed by atoms with Crippen LogP contribution in [0.1, 0.15) is 46.0 Å². The Morgan fingerprint density at radius 3 is 2.47 bits per heavy atom. The van der Waals surface area contributed by atoms with Gasteiger partial charge in [-0.25, -0.2) is 14.6 Å². The molecule has 2 aliphatic rings. The monoisotopic (exact) mass is 748 g/mol. The number of ketones is 1. The number of thioether (sulfide) groups is 1. The van der Waals surface area contributed by atoms with Crippen LogP contribution in [0.5, 0.6) is 5.75 Å². The minimum Gasteiger partial charge on any atom is -0.503 e. The molecule has 0 unspecified atom stereocenters. The molecule has 1 fully saturated rings. The molecule has 4 rings (SSSR count). The number of carbonyl (C=O) groups is 6. The number of aromatic nitrogens is 2. The van der Waals surface area contributed by atoms with Crippen molar-refractivity contribution in [2.24, 2.45) is 5.16 Å². The number of carboxylic acid groups (broad SMARTS) is 1. The van der Waals surface area contributed by atoms with Gasteiger partial charge in [-0.05, 0) is 34.6 Å². The summed E-state index contributed by atoms with van der Waals surface area (Å²) in [6.07, 6.45) is 1.55. The van der Waals surface area contributed by atoms with Gasteiger partial charge in [0.15, 0.2) is 16.6 Å². The van der Waals surface area contributed by atoms with E-state index >= 15 is 0 Å². The number of anilines is 1. The number of aromatic amines is 1. The summed E-state index contributed by atoms with van der Waals surface area (Å²) in [5.41, 5.74) is -3.28. The van der Waals surface area contributed by atoms with E-state index in [1.165, 1.54) is 43.3 Å². The van der Waals surface area contributed by atoms with Crippen molar-refractivity contribution in [1.82, 2.24) is 20.2 Å². The van der Waals surface area contributed by atoms with Gasteiger partial charge < -0.3 is 39.9 Å². The number of β-lactam (4-membered cyclic amide) rings is 1. The van der Waals surface area contributed by atoms with Crippen LogP contribution in [-0.2, 0) is 44.9 Å². The van der Waals surface area contributed by atoms with E-state index in [1.807, 2.05) is 14.1 Å². The highest BCUT2D eigenvalue weighted by Gasteiger charge is 2.55. The molecule has 0 aromatic carbocycles. The second kappa shape index (κ2) is 14.6. The second-order valence-corrected chi connectivity index (χ2v) is 15.7. The van der Waals surface area contributed by atoms with Crippen molar-refractivity contribution in [3.8, 4) is 5.75 Å².